The molecule has 1 heterocycles. The van der Waals surface area contributed by atoms with Crippen molar-refractivity contribution in [2.75, 3.05) is 13.2 Å². The lowest BCUT2D eigenvalue weighted by atomic mass is 10.1. The highest BCUT2D eigenvalue weighted by Gasteiger charge is 2.08. The Hall–Kier alpha value is -2.95. The van der Waals surface area contributed by atoms with Crippen LogP contribution in [0.15, 0.2) is 60.9 Å². The molecule has 1 atom stereocenters. The van der Waals surface area contributed by atoms with Crippen LogP contribution in [0.4, 0.5) is 4.39 Å². The summed E-state index contributed by atoms with van der Waals surface area (Å²) in [6.45, 7) is 5.14. The van der Waals surface area contributed by atoms with Gasteiger partial charge in [-0.25, -0.2) is 14.4 Å². The fourth-order valence-electron chi connectivity index (χ4n) is 3.47. The summed E-state index contributed by atoms with van der Waals surface area (Å²) < 4.78 is 25.3. The predicted molar refractivity (Wildman–Crippen MR) is 132 cm³/mol. The number of aromatic nitrogens is 2. The number of hydrogen-bond donors (Lipinski definition) is 0. The molecule has 176 valence electrons. The molecule has 3 rings (SSSR count). The van der Waals surface area contributed by atoms with E-state index in [4.69, 9.17) is 9.47 Å². The number of benzene rings is 2. The average Bonchev–Trinajstić information content (AvgIpc) is 2.86. The van der Waals surface area contributed by atoms with Crippen LogP contribution in [0.1, 0.15) is 58.8 Å². The number of alkyl halides is 1. The van der Waals surface area contributed by atoms with E-state index in [0.717, 1.165) is 61.2 Å². The first-order valence-corrected chi connectivity index (χ1v) is 12.1. The minimum atomic E-state index is -0.917. The highest BCUT2D eigenvalue weighted by molar-refractivity contribution is 5.64. The van der Waals surface area contributed by atoms with Crippen LogP contribution in [0.25, 0.3) is 22.5 Å². The van der Waals surface area contributed by atoms with Crippen molar-refractivity contribution in [2.24, 2.45) is 0 Å². The second-order valence-corrected chi connectivity index (χ2v) is 8.30. The third-order valence-corrected chi connectivity index (χ3v) is 5.52. The number of nitrogens with zero attached hydrogens (tertiary/aromatic N) is 2. The summed E-state index contributed by atoms with van der Waals surface area (Å²) in [5.74, 6) is 2.21. The Morgan fingerprint density at radius 3 is 1.94 bits per heavy atom. The Balaban J connectivity index is 1.51. The van der Waals surface area contributed by atoms with E-state index in [1.54, 1.807) is 0 Å². The lowest BCUT2D eigenvalue weighted by Crippen LogP contribution is -2.12. The molecule has 33 heavy (non-hydrogen) atoms. The molecule has 1 unspecified atom stereocenters. The van der Waals surface area contributed by atoms with E-state index in [1.165, 1.54) is 6.42 Å². The third-order valence-electron chi connectivity index (χ3n) is 5.52. The van der Waals surface area contributed by atoms with Crippen LogP contribution >= 0.6 is 0 Å². The smallest absolute Gasteiger partial charge is 0.159 e. The van der Waals surface area contributed by atoms with Crippen LogP contribution in [-0.4, -0.2) is 29.4 Å². The Morgan fingerprint density at radius 1 is 0.697 bits per heavy atom. The Morgan fingerprint density at radius 2 is 1.30 bits per heavy atom. The summed E-state index contributed by atoms with van der Waals surface area (Å²) in [5.41, 5.74) is 2.86. The van der Waals surface area contributed by atoms with Gasteiger partial charge in [-0.2, -0.15) is 0 Å². The van der Waals surface area contributed by atoms with Gasteiger partial charge in [0.1, 0.15) is 24.3 Å². The van der Waals surface area contributed by atoms with Crippen LogP contribution in [0.3, 0.4) is 0 Å². The zero-order valence-corrected chi connectivity index (χ0v) is 19.8. The van der Waals surface area contributed by atoms with Gasteiger partial charge in [0, 0.05) is 23.5 Å². The molecule has 0 amide bonds. The van der Waals surface area contributed by atoms with E-state index < -0.39 is 6.17 Å². The minimum Gasteiger partial charge on any atom is -0.494 e. The Kier molecular flexibility index (Phi) is 10.1. The maximum atomic E-state index is 14.0. The Labute approximate surface area is 197 Å². The molecule has 0 bridgehead atoms. The van der Waals surface area contributed by atoms with E-state index >= 15 is 0 Å². The lowest BCUT2D eigenvalue weighted by Gasteiger charge is -2.11. The molecule has 0 spiro atoms. The first-order chi connectivity index (χ1) is 16.2. The van der Waals surface area contributed by atoms with Gasteiger partial charge < -0.3 is 9.47 Å². The molecular formula is C28H35FN2O2. The van der Waals surface area contributed by atoms with E-state index in [9.17, 15) is 4.39 Å². The van der Waals surface area contributed by atoms with E-state index in [2.05, 4.69) is 23.8 Å². The Bertz CT molecular complexity index is 928. The summed E-state index contributed by atoms with van der Waals surface area (Å²) in [7, 11) is 0. The molecule has 4 nitrogen and oxygen atoms in total. The van der Waals surface area contributed by atoms with Crippen LogP contribution in [0.2, 0.25) is 0 Å². The van der Waals surface area contributed by atoms with Crippen LogP contribution in [0, 0.1) is 0 Å². The first kappa shape index (κ1) is 24.7. The van der Waals surface area contributed by atoms with Gasteiger partial charge in [0.25, 0.3) is 0 Å². The summed E-state index contributed by atoms with van der Waals surface area (Å²) in [5, 5.41) is 0. The summed E-state index contributed by atoms with van der Waals surface area (Å²) in [6.07, 6.45) is 9.79. The molecule has 0 aliphatic heterocycles. The quantitative estimate of drug-likeness (QED) is 0.236. The molecule has 0 radical (unpaired) electrons. The largest absolute Gasteiger partial charge is 0.494 e. The molecule has 5 heteroatoms. The molecular weight excluding hydrogens is 415 g/mol. The standard InChI is InChI=1S/C28H35FN2O2/c1-3-5-7-8-9-25(29)21-33-27-14-10-22(11-15-27)24-19-30-28(31-20-24)23-12-16-26(17-13-23)32-18-6-4-2/h10-17,19-20,25H,3-9,18,21H2,1-2H3. The van der Waals surface area contributed by atoms with E-state index in [1.807, 2.05) is 60.9 Å². The molecule has 0 saturated heterocycles. The van der Waals surface area contributed by atoms with Gasteiger partial charge in [0.05, 0.1) is 6.61 Å². The van der Waals surface area contributed by atoms with Crippen molar-refractivity contribution < 1.29 is 13.9 Å². The number of rotatable bonds is 14. The highest BCUT2D eigenvalue weighted by atomic mass is 19.1. The van der Waals surface area contributed by atoms with Gasteiger partial charge in [-0.05, 0) is 54.8 Å². The van der Waals surface area contributed by atoms with Gasteiger partial charge in [-0.15, -0.1) is 0 Å². The topological polar surface area (TPSA) is 44.2 Å². The molecule has 0 aliphatic rings. The average molecular weight is 451 g/mol. The van der Waals surface area contributed by atoms with Crippen LogP contribution in [0.5, 0.6) is 11.5 Å². The normalized spacial score (nSPS) is 11.8. The highest BCUT2D eigenvalue weighted by Crippen LogP contribution is 2.24. The van der Waals surface area contributed by atoms with Gasteiger partial charge in [0.15, 0.2) is 5.82 Å². The fourth-order valence-corrected chi connectivity index (χ4v) is 3.47. The molecule has 3 aromatic rings. The van der Waals surface area contributed by atoms with Crippen molar-refractivity contribution in [1.29, 1.82) is 0 Å². The maximum Gasteiger partial charge on any atom is 0.159 e. The number of ether oxygens (including phenoxy) is 2. The number of halogens is 1. The summed E-state index contributed by atoms with van der Waals surface area (Å²) in [6, 6.07) is 15.5. The van der Waals surface area contributed by atoms with Crippen molar-refractivity contribution >= 4 is 0 Å². The predicted octanol–water partition coefficient (Wildman–Crippen LogP) is 7.68. The minimum absolute atomic E-state index is 0.103. The van der Waals surface area contributed by atoms with Crippen molar-refractivity contribution in [3.63, 3.8) is 0 Å². The van der Waals surface area contributed by atoms with Gasteiger partial charge in [-0.3, -0.25) is 0 Å². The zero-order chi connectivity index (χ0) is 23.3. The second kappa shape index (κ2) is 13.6. The summed E-state index contributed by atoms with van der Waals surface area (Å²) in [4.78, 5) is 9.04. The van der Waals surface area contributed by atoms with E-state index in [0.29, 0.717) is 18.0 Å². The molecule has 1 aromatic heterocycles. The second-order valence-electron chi connectivity index (χ2n) is 8.30. The van der Waals surface area contributed by atoms with E-state index in [-0.39, 0.29) is 6.61 Å². The lowest BCUT2D eigenvalue weighted by molar-refractivity contribution is 0.184. The molecule has 0 saturated carbocycles. The maximum absolute atomic E-state index is 14.0. The van der Waals surface area contributed by atoms with Crippen LogP contribution in [-0.2, 0) is 0 Å². The van der Waals surface area contributed by atoms with Crippen LogP contribution < -0.4 is 9.47 Å². The van der Waals surface area contributed by atoms with Crippen molar-refractivity contribution in [2.45, 2.75) is 65.0 Å². The van der Waals surface area contributed by atoms with Gasteiger partial charge >= 0.3 is 0 Å². The molecule has 2 aromatic carbocycles. The molecule has 0 aliphatic carbocycles. The third kappa shape index (κ3) is 8.16. The first-order valence-electron chi connectivity index (χ1n) is 12.1. The fraction of sp³-hybridized carbons (Fsp3) is 0.429. The zero-order valence-electron chi connectivity index (χ0n) is 19.8. The number of unbranched alkanes of at least 4 members (excludes halogenated alkanes) is 4. The SMILES string of the molecule is CCCCCCC(F)COc1ccc(-c2cnc(-c3ccc(OCCCC)cc3)nc2)cc1. The molecule has 0 fully saturated rings. The molecule has 0 N–H and O–H groups in total. The monoisotopic (exact) mass is 450 g/mol. The van der Waals surface area contributed by atoms with Crippen molar-refractivity contribution in [1.82, 2.24) is 9.97 Å². The summed E-state index contributed by atoms with van der Waals surface area (Å²) >= 11 is 0. The van der Waals surface area contributed by atoms with Crippen molar-refractivity contribution in [3.05, 3.63) is 60.9 Å². The number of hydrogen-bond acceptors (Lipinski definition) is 4. The van der Waals surface area contributed by atoms with Gasteiger partial charge in [-0.1, -0.05) is 58.1 Å². The van der Waals surface area contributed by atoms with Gasteiger partial charge in [0.2, 0.25) is 0 Å². The van der Waals surface area contributed by atoms with Crippen molar-refractivity contribution in [3.8, 4) is 34.0 Å².